The largest absolute Gasteiger partial charge is 0.480 e. The molecule has 0 amide bonds. The summed E-state index contributed by atoms with van der Waals surface area (Å²) in [6.07, 6.45) is 0. The molecule has 18 heavy (non-hydrogen) atoms. The summed E-state index contributed by atoms with van der Waals surface area (Å²) in [6.45, 7) is 3.99. The van der Waals surface area contributed by atoms with Crippen LogP contribution in [0.15, 0.2) is 24.3 Å². The highest BCUT2D eigenvalue weighted by Gasteiger charge is 2.32. The van der Waals surface area contributed by atoms with E-state index in [2.05, 4.69) is 5.32 Å². The van der Waals surface area contributed by atoms with Crippen molar-refractivity contribution >= 4 is 17.6 Å². The quantitative estimate of drug-likeness (QED) is 0.877. The van der Waals surface area contributed by atoms with E-state index in [0.29, 0.717) is 18.1 Å². The number of halogens is 1. The van der Waals surface area contributed by atoms with Crippen LogP contribution in [-0.4, -0.2) is 41.7 Å². The number of piperazine rings is 1. The summed E-state index contributed by atoms with van der Waals surface area (Å²) in [7, 11) is 0. The van der Waals surface area contributed by atoms with Gasteiger partial charge in [-0.2, -0.15) is 0 Å². The molecule has 0 aliphatic carbocycles. The first-order valence-electron chi connectivity index (χ1n) is 6.05. The zero-order chi connectivity index (χ0) is 13.1. The van der Waals surface area contributed by atoms with E-state index in [9.17, 15) is 9.90 Å². The maximum atomic E-state index is 11.3. The molecule has 98 valence electrons. The predicted octanol–water partition coefficient (Wildman–Crippen LogP) is 1.76. The van der Waals surface area contributed by atoms with E-state index < -0.39 is 12.0 Å². The highest BCUT2D eigenvalue weighted by molar-refractivity contribution is 6.31. The summed E-state index contributed by atoms with van der Waals surface area (Å²) in [5.41, 5.74) is 0.979. The van der Waals surface area contributed by atoms with E-state index in [-0.39, 0.29) is 6.04 Å². The van der Waals surface area contributed by atoms with Gasteiger partial charge in [-0.1, -0.05) is 29.8 Å². The molecule has 1 aliphatic rings. The van der Waals surface area contributed by atoms with Crippen molar-refractivity contribution in [2.45, 2.75) is 19.0 Å². The molecule has 0 radical (unpaired) electrons. The maximum absolute atomic E-state index is 11.3. The number of carboxylic acid groups (broad SMARTS) is 1. The van der Waals surface area contributed by atoms with Crippen molar-refractivity contribution in [2.24, 2.45) is 0 Å². The minimum atomic E-state index is -0.791. The van der Waals surface area contributed by atoms with Crippen LogP contribution >= 0.6 is 11.6 Å². The maximum Gasteiger partial charge on any atom is 0.322 e. The first kappa shape index (κ1) is 13.3. The van der Waals surface area contributed by atoms with Gasteiger partial charge in [-0.15, -0.1) is 0 Å². The second kappa shape index (κ2) is 5.69. The summed E-state index contributed by atoms with van der Waals surface area (Å²) >= 11 is 6.18. The van der Waals surface area contributed by atoms with E-state index in [0.717, 1.165) is 12.1 Å². The molecule has 2 unspecified atom stereocenters. The van der Waals surface area contributed by atoms with E-state index in [1.165, 1.54) is 0 Å². The standard InChI is InChI=1S/C13H17ClN2O2/c1-9(10-4-2-3-5-11(10)14)16-7-6-15-8-12(16)13(17)18/h2-5,9,12,15H,6-8H2,1H3,(H,17,18). The van der Waals surface area contributed by atoms with Crippen LogP contribution in [0.5, 0.6) is 0 Å². The van der Waals surface area contributed by atoms with Gasteiger partial charge in [-0.3, -0.25) is 9.69 Å². The third-order valence-electron chi connectivity index (χ3n) is 3.42. The Balaban J connectivity index is 2.23. The lowest BCUT2D eigenvalue weighted by atomic mass is 10.0. The van der Waals surface area contributed by atoms with Gasteiger partial charge in [0.15, 0.2) is 0 Å². The van der Waals surface area contributed by atoms with Crippen molar-refractivity contribution in [2.75, 3.05) is 19.6 Å². The van der Waals surface area contributed by atoms with Gasteiger partial charge in [0.2, 0.25) is 0 Å². The number of nitrogens with one attached hydrogen (secondary N) is 1. The number of benzene rings is 1. The molecule has 0 aromatic heterocycles. The molecule has 4 nitrogen and oxygen atoms in total. The molecule has 2 rings (SSSR count). The van der Waals surface area contributed by atoms with Crippen molar-refractivity contribution in [1.29, 1.82) is 0 Å². The molecular weight excluding hydrogens is 252 g/mol. The van der Waals surface area contributed by atoms with Crippen LogP contribution in [0, 0.1) is 0 Å². The zero-order valence-electron chi connectivity index (χ0n) is 10.3. The molecule has 1 aromatic rings. The molecule has 2 atom stereocenters. The van der Waals surface area contributed by atoms with Crippen molar-refractivity contribution in [3.63, 3.8) is 0 Å². The molecule has 0 saturated carbocycles. The lowest BCUT2D eigenvalue weighted by Gasteiger charge is -2.38. The van der Waals surface area contributed by atoms with Crippen LogP contribution in [0.4, 0.5) is 0 Å². The highest BCUT2D eigenvalue weighted by Crippen LogP contribution is 2.28. The SMILES string of the molecule is CC(c1ccccc1Cl)N1CCNCC1C(=O)O. The minimum absolute atomic E-state index is 0.00176. The molecule has 0 bridgehead atoms. The number of carboxylic acids is 1. The molecule has 0 spiro atoms. The number of hydrogen-bond donors (Lipinski definition) is 2. The number of carbonyl (C=O) groups is 1. The number of rotatable bonds is 3. The second-order valence-corrected chi connectivity index (χ2v) is 4.90. The lowest BCUT2D eigenvalue weighted by Crippen LogP contribution is -2.55. The summed E-state index contributed by atoms with van der Waals surface area (Å²) in [6, 6.07) is 7.10. The fourth-order valence-corrected chi connectivity index (χ4v) is 2.70. The second-order valence-electron chi connectivity index (χ2n) is 4.49. The highest BCUT2D eigenvalue weighted by atomic mass is 35.5. The molecule has 5 heteroatoms. The molecule has 1 aliphatic heterocycles. The summed E-state index contributed by atoms with van der Waals surface area (Å²) < 4.78 is 0. The Hall–Kier alpha value is -1.10. The van der Waals surface area contributed by atoms with Crippen LogP contribution in [0.1, 0.15) is 18.5 Å². The van der Waals surface area contributed by atoms with Gasteiger partial charge in [0.1, 0.15) is 6.04 Å². The number of nitrogens with zero attached hydrogens (tertiary/aromatic N) is 1. The van der Waals surface area contributed by atoms with Crippen molar-refractivity contribution in [1.82, 2.24) is 10.2 Å². The monoisotopic (exact) mass is 268 g/mol. The van der Waals surface area contributed by atoms with Gasteiger partial charge in [-0.25, -0.2) is 0 Å². The first-order valence-corrected chi connectivity index (χ1v) is 6.42. The van der Waals surface area contributed by atoms with Crippen LogP contribution in [0.3, 0.4) is 0 Å². The third kappa shape index (κ3) is 2.66. The summed E-state index contributed by atoms with van der Waals surface area (Å²) in [5, 5.41) is 13.1. The summed E-state index contributed by atoms with van der Waals surface area (Å²) in [4.78, 5) is 13.3. The Kier molecular flexibility index (Phi) is 4.22. The predicted molar refractivity (Wildman–Crippen MR) is 70.9 cm³/mol. The van der Waals surface area contributed by atoms with Gasteiger partial charge >= 0.3 is 5.97 Å². The van der Waals surface area contributed by atoms with Crippen LogP contribution in [0.25, 0.3) is 0 Å². The molecule has 1 aromatic carbocycles. The Morgan fingerprint density at radius 2 is 2.28 bits per heavy atom. The normalized spacial score (nSPS) is 22.7. The lowest BCUT2D eigenvalue weighted by molar-refractivity contribution is -0.145. The van der Waals surface area contributed by atoms with Gasteiger partial charge < -0.3 is 10.4 Å². The first-order chi connectivity index (χ1) is 8.61. The van der Waals surface area contributed by atoms with Crippen molar-refractivity contribution < 1.29 is 9.90 Å². The van der Waals surface area contributed by atoms with Crippen LogP contribution in [0.2, 0.25) is 5.02 Å². The Bertz CT molecular complexity index is 439. The molecule has 1 fully saturated rings. The van der Waals surface area contributed by atoms with E-state index >= 15 is 0 Å². The average molecular weight is 269 g/mol. The van der Waals surface area contributed by atoms with E-state index in [1.807, 2.05) is 36.1 Å². The Morgan fingerprint density at radius 1 is 1.56 bits per heavy atom. The number of hydrogen-bond acceptors (Lipinski definition) is 3. The van der Waals surface area contributed by atoms with Crippen molar-refractivity contribution in [3.8, 4) is 0 Å². The number of aliphatic carboxylic acids is 1. The average Bonchev–Trinajstić information content (AvgIpc) is 2.38. The van der Waals surface area contributed by atoms with Crippen LogP contribution in [-0.2, 0) is 4.79 Å². The van der Waals surface area contributed by atoms with Crippen LogP contribution < -0.4 is 5.32 Å². The zero-order valence-corrected chi connectivity index (χ0v) is 11.0. The Morgan fingerprint density at radius 3 is 2.94 bits per heavy atom. The molecule has 2 N–H and O–H groups in total. The molecule has 1 saturated heterocycles. The smallest absolute Gasteiger partial charge is 0.322 e. The topological polar surface area (TPSA) is 52.6 Å². The summed E-state index contributed by atoms with van der Waals surface area (Å²) in [5.74, 6) is -0.791. The van der Waals surface area contributed by atoms with Gasteiger partial charge in [0.25, 0.3) is 0 Å². The fourth-order valence-electron chi connectivity index (χ4n) is 2.41. The van der Waals surface area contributed by atoms with E-state index in [4.69, 9.17) is 11.6 Å². The van der Waals surface area contributed by atoms with Gasteiger partial charge in [0, 0.05) is 30.7 Å². The third-order valence-corrected chi connectivity index (χ3v) is 3.77. The van der Waals surface area contributed by atoms with E-state index in [1.54, 1.807) is 0 Å². The minimum Gasteiger partial charge on any atom is -0.480 e. The van der Waals surface area contributed by atoms with Gasteiger partial charge in [0.05, 0.1) is 0 Å². The molecule has 1 heterocycles. The van der Waals surface area contributed by atoms with Gasteiger partial charge in [-0.05, 0) is 18.6 Å². The molecular formula is C13H17ClN2O2. The fraction of sp³-hybridized carbons (Fsp3) is 0.462. The van der Waals surface area contributed by atoms with Crippen molar-refractivity contribution in [3.05, 3.63) is 34.9 Å². The Labute approximate surface area is 112 Å².